The monoisotopic (exact) mass is 472 g/mol. The third kappa shape index (κ3) is 5.30. The SMILES string of the molecule is CCCNC(CC=N)NC(=O)c1ccc2nc(-c3cc(-c4cccnc4OC)ccc3O)[nH]c2c1. The first-order valence-electron chi connectivity index (χ1n) is 11.4. The van der Waals surface area contributed by atoms with Crippen LogP contribution < -0.4 is 15.4 Å². The molecule has 0 aliphatic rings. The Bertz CT molecular complexity index is 1350. The highest BCUT2D eigenvalue weighted by molar-refractivity contribution is 5.98. The number of benzene rings is 2. The molecule has 9 heteroatoms. The van der Waals surface area contributed by atoms with Gasteiger partial charge in [0, 0.05) is 23.7 Å². The van der Waals surface area contributed by atoms with E-state index in [2.05, 4.69) is 25.6 Å². The smallest absolute Gasteiger partial charge is 0.252 e. The summed E-state index contributed by atoms with van der Waals surface area (Å²) in [4.78, 5) is 24.9. The van der Waals surface area contributed by atoms with Gasteiger partial charge in [0.05, 0.1) is 29.9 Å². The van der Waals surface area contributed by atoms with Crippen LogP contribution in [-0.4, -0.2) is 52.0 Å². The number of nitrogens with zero attached hydrogens (tertiary/aromatic N) is 2. The van der Waals surface area contributed by atoms with Crippen LogP contribution in [0.4, 0.5) is 0 Å². The number of aromatic amines is 1. The van der Waals surface area contributed by atoms with E-state index in [9.17, 15) is 9.90 Å². The zero-order valence-electron chi connectivity index (χ0n) is 19.6. The molecule has 0 aliphatic carbocycles. The van der Waals surface area contributed by atoms with Gasteiger partial charge in [-0.05, 0) is 67.2 Å². The van der Waals surface area contributed by atoms with Crippen molar-refractivity contribution in [1.29, 1.82) is 5.41 Å². The lowest BCUT2D eigenvalue weighted by Crippen LogP contribution is -2.45. The fourth-order valence-electron chi connectivity index (χ4n) is 3.82. The van der Waals surface area contributed by atoms with Gasteiger partial charge >= 0.3 is 0 Å². The number of phenols is 1. The van der Waals surface area contributed by atoms with Gasteiger partial charge in [-0.2, -0.15) is 0 Å². The van der Waals surface area contributed by atoms with E-state index in [0.717, 1.165) is 24.1 Å². The number of hydrogen-bond donors (Lipinski definition) is 5. The summed E-state index contributed by atoms with van der Waals surface area (Å²) in [5, 5.41) is 24.1. The van der Waals surface area contributed by atoms with Crippen LogP contribution in [0, 0.1) is 5.41 Å². The molecule has 4 rings (SSSR count). The molecule has 0 spiro atoms. The lowest BCUT2D eigenvalue weighted by molar-refractivity contribution is 0.0931. The lowest BCUT2D eigenvalue weighted by Gasteiger charge is -2.18. The molecule has 4 aromatic rings. The second-order valence-corrected chi connectivity index (χ2v) is 8.03. The van der Waals surface area contributed by atoms with Gasteiger partial charge in [-0.25, -0.2) is 9.97 Å². The summed E-state index contributed by atoms with van der Waals surface area (Å²) >= 11 is 0. The third-order valence-corrected chi connectivity index (χ3v) is 5.57. The first kappa shape index (κ1) is 23.9. The van der Waals surface area contributed by atoms with Crippen LogP contribution in [0.25, 0.3) is 33.5 Å². The lowest BCUT2D eigenvalue weighted by atomic mass is 10.0. The van der Waals surface area contributed by atoms with Crippen LogP contribution in [0.2, 0.25) is 0 Å². The summed E-state index contributed by atoms with van der Waals surface area (Å²) < 4.78 is 5.37. The summed E-state index contributed by atoms with van der Waals surface area (Å²) in [6, 6.07) is 14.1. The number of amides is 1. The number of aromatic hydroxyl groups is 1. The van der Waals surface area contributed by atoms with Crippen LogP contribution in [0.15, 0.2) is 54.7 Å². The molecule has 5 N–H and O–H groups in total. The summed E-state index contributed by atoms with van der Waals surface area (Å²) in [5.41, 5.74) is 3.94. The number of pyridine rings is 1. The van der Waals surface area contributed by atoms with Gasteiger partial charge in [0.2, 0.25) is 5.88 Å². The Labute approximate surface area is 203 Å². The van der Waals surface area contributed by atoms with Crippen LogP contribution in [0.1, 0.15) is 30.1 Å². The Morgan fingerprint density at radius 2 is 2.09 bits per heavy atom. The molecule has 9 nitrogen and oxygen atoms in total. The van der Waals surface area contributed by atoms with Crippen molar-refractivity contribution in [3.05, 3.63) is 60.3 Å². The average molecular weight is 473 g/mol. The highest BCUT2D eigenvalue weighted by atomic mass is 16.5. The Balaban J connectivity index is 1.63. The minimum Gasteiger partial charge on any atom is -0.507 e. The maximum absolute atomic E-state index is 12.8. The molecule has 2 heterocycles. The number of hydrogen-bond acceptors (Lipinski definition) is 7. The molecule has 35 heavy (non-hydrogen) atoms. The van der Waals surface area contributed by atoms with Gasteiger partial charge in [-0.15, -0.1) is 0 Å². The van der Waals surface area contributed by atoms with Crippen LogP contribution in [0.5, 0.6) is 11.6 Å². The van der Waals surface area contributed by atoms with Crippen molar-refractivity contribution in [2.75, 3.05) is 13.7 Å². The quantitative estimate of drug-likeness (QED) is 0.174. The molecule has 0 fully saturated rings. The molecular weight excluding hydrogens is 444 g/mol. The highest BCUT2D eigenvalue weighted by Gasteiger charge is 2.16. The molecule has 0 saturated heterocycles. The number of fused-ring (bicyclic) bond motifs is 1. The fraction of sp³-hybridized carbons (Fsp3) is 0.231. The molecule has 0 saturated carbocycles. The zero-order valence-corrected chi connectivity index (χ0v) is 19.6. The topological polar surface area (TPSA) is 136 Å². The molecule has 1 unspecified atom stereocenters. The third-order valence-electron chi connectivity index (χ3n) is 5.57. The maximum atomic E-state index is 12.8. The molecular formula is C26H28N6O3. The molecule has 1 amide bonds. The largest absolute Gasteiger partial charge is 0.507 e. The van der Waals surface area contributed by atoms with Crippen LogP contribution >= 0.6 is 0 Å². The number of imidazole rings is 1. The number of carbonyl (C=O) groups is 1. The summed E-state index contributed by atoms with van der Waals surface area (Å²) in [6.45, 7) is 2.79. The van der Waals surface area contributed by atoms with Gasteiger partial charge in [0.25, 0.3) is 5.91 Å². The van der Waals surface area contributed by atoms with E-state index in [1.165, 1.54) is 6.21 Å². The minimum atomic E-state index is -0.308. The second kappa shape index (κ2) is 10.8. The predicted molar refractivity (Wildman–Crippen MR) is 136 cm³/mol. The first-order valence-corrected chi connectivity index (χ1v) is 11.4. The van der Waals surface area contributed by atoms with Crippen molar-refractivity contribution >= 4 is 23.2 Å². The number of phenolic OH excluding ortho intramolecular Hbond substituents is 1. The van der Waals surface area contributed by atoms with Crippen molar-refractivity contribution in [3.8, 4) is 34.1 Å². The Morgan fingerprint density at radius 3 is 2.86 bits per heavy atom. The van der Waals surface area contributed by atoms with E-state index in [4.69, 9.17) is 10.1 Å². The second-order valence-electron chi connectivity index (χ2n) is 8.03. The van der Waals surface area contributed by atoms with Crippen molar-refractivity contribution in [2.24, 2.45) is 0 Å². The average Bonchev–Trinajstić information content (AvgIpc) is 3.31. The van der Waals surface area contributed by atoms with Gasteiger partial charge in [0.15, 0.2) is 0 Å². The Morgan fingerprint density at radius 1 is 1.23 bits per heavy atom. The predicted octanol–water partition coefficient (Wildman–Crippen LogP) is 4.10. The summed E-state index contributed by atoms with van der Waals surface area (Å²) in [7, 11) is 1.56. The number of ether oxygens (including phenoxy) is 1. The van der Waals surface area contributed by atoms with Crippen molar-refractivity contribution in [1.82, 2.24) is 25.6 Å². The van der Waals surface area contributed by atoms with Crippen LogP contribution in [0.3, 0.4) is 0 Å². The number of aromatic nitrogens is 3. The molecule has 1 atom stereocenters. The van der Waals surface area contributed by atoms with E-state index < -0.39 is 0 Å². The number of methoxy groups -OCH3 is 1. The van der Waals surface area contributed by atoms with Crippen LogP contribution in [-0.2, 0) is 0 Å². The summed E-state index contributed by atoms with van der Waals surface area (Å²) in [5.74, 6) is 0.794. The standard InChI is InChI=1S/C26H28N6O3/c1-3-12-28-23(10-11-27)32-25(34)17-6-8-20-21(15-17)31-24(30-20)19-14-16(7-9-22(19)33)18-5-4-13-29-26(18)35-2/h4-9,11,13-15,23,27-28,33H,3,10,12H2,1-2H3,(H,30,31)(H,32,34). The Kier molecular flexibility index (Phi) is 7.37. The number of nitrogens with one attached hydrogen (secondary N) is 4. The van der Waals surface area contributed by atoms with Crippen molar-refractivity contribution in [2.45, 2.75) is 25.9 Å². The van der Waals surface area contributed by atoms with E-state index in [-0.39, 0.29) is 17.8 Å². The maximum Gasteiger partial charge on any atom is 0.252 e. The van der Waals surface area contributed by atoms with Gasteiger partial charge in [-0.3, -0.25) is 10.1 Å². The molecule has 0 aliphatic heterocycles. The molecule has 2 aromatic carbocycles. The Hall–Kier alpha value is -4.24. The van der Waals surface area contributed by atoms with Crippen molar-refractivity contribution < 1.29 is 14.6 Å². The number of H-pyrrole nitrogens is 1. The highest BCUT2D eigenvalue weighted by Crippen LogP contribution is 2.35. The molecule has 0 radical (unpaired) electrons. The zero-order chi connectivity index (χ0) is 24.8. The normalized spacial score (nSPS) is 11.8. The molecule has 0 bridgehead atoms. The molecule has 2 aromatic heterocycles. The fourth-order valence-corrected chi connectivity index (χ4v) is 3.82. The van der Waals surface area contributed by atoms with Gasteiger partial charge < -0.3 is 25.6 Å². The summed E-state index contributed by atoms with van der Waals surface area (Å²) in [6.07, 6.45) is 3.95. The first-order chi connectivity index (χ1) is 17.0. The van der Waals surface area contributed by atoms with E-state index in [0.29, 0.717) is 40.3 Å². The van der Waals surface area contributed by atoms with Crippen molar-refractivity contribution in [3.63, 3.8) is 0 Å². The van der Waals surface area contributed by atoms with E-state index in [1.807, 2.05) is 25.1 Å². The number of rotatable bonds is 10. The van der Waals surface area contributed by atoms with E-state index >= 15 is 0 Å². The number of carbonyl (C=O) groups excluding carboxylic acids is 1. The van der Waals surface area contributed by atoms with E-state index in [1.54, 1.807) is 43.6 Å². The minimum absolute atomic E-state index is 0.0742. The molecule has 180 valence electrons. The van der Waals surface area contributed by atoms with Gasteiger partial charge in [-0.1, -0.05) is 13.0 Å². The van der Waals surface area contributed by atoms with Gasteiger partial charge in [0.1, 0.15) is 11.6 Å².